The molecular weight excluding hydrogens is 547 g/mol. The number of carboxylic acids is 1. The molecule has 5 N–H and O–H groups in total. The van der Waals surface area contributed by atoms with Crippen LogP contribution in [-0.2, 0) is 22.4 Å². The van der Waals surface area contributed by atoms with E-state index in [1.165, 1.54) is 0 Å². The van der Waals surface area contributed by atoms with E-state index in [2.05, 4.69) is 15.3 Å². The lowest BCUT2D eigenvalue weighted by molar-refractivity contribution is -0.136. The van der Waals surface area contributed by atoms with Crippen molar-refractivity contribution in [1.29, 1.82) is 0 Å². The molecule has 0 bridgehead atoms. The fourth-order valence-electron chi connectivity index (χ4n) is 5.58. The van der Waals surface area contributed by atoms with Crippen molar-refractivity contribution < 1.29 is 23.8 Å². The lowest BCUT2D eigenvalue weighted by atomic mass is 9.95. The SMILES string of the molecule is CCc1cc(O[C@@H]2CCOC2)c(F)c(C(Nc2ccc3c(N)nccc3c2)c2[nH]c(-c3ccccc3)cc2CC(=O)O)c1. The van der Waals surface area contributed by atoms with Crippen LogP contribution < -0.4 is 15.8 Å². The predicted octanol–water partition coefficient (Wildman–Crippen LogP) is 6.51. The monoisotopic (exact) mass is 580 g/mol. The van der Waals surface area contributed by atoms with Gasteiger partial charge in [0.25, 0.3) is 0 Å². The maximum absolute atomic E-state index is 16.5. The van der Waals surface area contributed by atoms with Crippen molar-refractivity contribution in [2.75, 3.05) is 24.3 Å². The molecule has 5 aromatic rings. The van der Waals surface area contributed by atoms with E-state index in [1.54, 1.807) is 12.3 Å². The molecule has 1 saturated heterocycles. The van der Waals surface area contributed by atoms with Gasteiger partial charge < -0.3 is 30.6 Å². The van der Waals surface area contributed by atoms with Gasteiger partial charge in [-0.25, -0.2) is 9.37 Å². The van der Waals surface area contributed by atoms with Crippen LogP contribution in [0.4, 0.5) is 15.9 Å². The van der Waals surface area contributed by atoms with Crippen molar-refractivity contribution >= 4 is 28.2 Å². The summed E-state index contributed by atoms with van der Waals surface area (Å²) >= 11 is 0. The van der Waals surface area contributed by atoms with Gasteiger partial charge in [0.1, 0.15) is 11.9 Å². The van der Waals surface area contributed by atoms with Crippen LogP contribution in [0, 0.1) is 5.82 Å². The molecular formula is C34H33FN4O4. The van der Waals surface area contributed by atoms with Crippen LogP contribution in [0.5, 0.6) is 5.75 Å². The number of aromatic amines is 1. The fraction of sp³-hybridized carbons (Fsp3) is 0.235. The molecule has 0 spiro atoms. The van der Waals surface area contributed by atoms with Gasteiger partial charge >= 0.3 is 5.97 Å². The summed E-state index contributed by atoms with van der Waals surface area (Å²) in [4.78, 5) is 19.6. The molecule has 3 heterocycles. The molecule has 1 aliphatic heterocycles. The highest BCUT2D eigenvalue weighted by atomic mass is 19.1. The Bertz CT molecular complexity index is 1770. The molecule has 1 fully saturated rings. The first-order valence-corrected chi connectivity index (χ1v) is 14.4. The van der Waals surface area contributed by atoms with Crippen molar-refractivity contribution in [3.8, 4) is 17.0 Å². The number of nitrogens with one attached hydrogen (secondary N) is 2. The van der Waals surface area contributed by atoms with Gasteiger partial charge in [-0.15, -0.1) is 0 Å². The quantitative estimate of drug-likeness (QED) is 0.149. The van der Waals surface area contributed by atoms with E-state index in [4.69, 9.17) is 15.2 Å². The van der Waals surface area contributed by atoms with Gasteiger partial charge in [0.2, 0.25) is 0 Å². The first-order chi connectivity index (χ1) is 20.9. The van der Waals surface area contributed by atoms with Crippen LogP contribution in [0.25, 0.3) is 22.0 Å². The highest BCUT2D eigenvalue weighted by Gasteiger charge is 2.28. The highest BCUT2D eigenvalue weighted by Crippen LogP contribution is 2.38. The molecule has 3 aromatic carbocycles. The molecule has 0 amide bonds. The lowest BCUT2D eigenvalue weighted by Gasteiger charge is -2.24. The zero-order valence-corrected chi connectivity index (χ0v) is 23.8. The average molecular weight is 581 g/mol. The number of fused-ring (bicyclic) bond motifs is 1. The molecule has 6 rings (SSSR count). The Morgan fingerprint density at radius 1 is 1.19 bits per heavy atom. The van der Waals surface area contributed by atoms with Gasteiger partial charge in [0, 0.05) is 40.6 Å². The van der Waals surface area contributed by atoms with Crippen molar-refractivity contribution in [3.63, 3.8) is 0 Å². The molecule has 2 aromatic heterocycles. The first-order valence-electron chi connectivity index (χ1n) is 14.4. The number of nitrogen functional groups attached to an aromatic ring is 1. The van der Waals surface area contributed by atoms with Crippen LogP contribution in [0.15, 0.2) is 79.0 Å². The van der Waals surface area contributed by atoms with Crippen molar-refractivity contribution in [2.45, 2.75) is 38.3 Å². The van der Waals surface area contributed by atoms with Gasteiger partial charge in [0.15, 0.2) is 11.6 Å². The first kappa shape index (κ1) is 28.2. The topological polar surface area (TPSA) is 122 Å². The Labute approximate surface area is 248 Å². The van der Waals surface area contributed by atoms with E-state index in [1.807, 2.05) is 73.7 Å². The number of aromatic nitrogens is 2. The molecule has 1 unspecified atom stereocenters. The summed E-state index contributed by atoms with van der Waals surface area (Å²) in [7, 11) is 0. The zero-order valence-electron chi connectivity index (χ0n) is 23.8. The summed E-state index contributed by atoms with van der Waals surface area (Å²) in [6, 6.07) is 21.8. The van der Waals surface area contributed by atoms with E-state index < -0.39 is 17.8 Å². The van der Waals surface area contributed by atoms with Crippen molar-refractivity contribution in [3.05, 3.63) is 107 Å². The van der Waals surface area contributed by atoms with E-state index in [9.17, 15) is 9.90 Å². The minimum absolute atomic E-state index is 0.156. The number of pyridine rings is 1. The van der Waals surface area contributed by atoms with Crippen LogP contribution in [0.3, 0.4) is 0 Å². The smallest absolute Gasteiger partial charge is 0.307 e. The third kappa shape index (κ3) is 6.03. The number of anilines is 2. The second kappa shape index (κ2) is 12.1. The minimum atomic E-state index is -0.986. The molecule has 2 atom stereocenters. The molecule has 0 saturated carbocycles. The van der Waals surface area contributed by atoms with Crippen molar-refractivity contribution in [2.24, 2.45) is 0 Å². The van der Waals surface area contributed by atoms with Gasteiger partial charge in [0.05, 0.1) is 25.7 Å². The van der Waals surface area contributed by atoms with Crippen LogP contribution in [-0.4, -0.2) is 40.4 Å². The number of carboxylic acid groups (broad SMARTS) is 1. The molecule has 0 aliphatic carbocycles. The molecule has 0 radical (unpaired) electrons. The van der Waals surface area contributed by atoms with E-state index in [-0.39, 0.29) is 18.3 Å². The Morgan fingerprint density at radius 2 is 2.02 bits per heavy atom. The number of hydrogen-bond donors (Lipinski definition) is 4. The summed E-state index contributed by atoms with van der Waals surface area (Å²) in [5.41, 5.74) is 10.8. The standard InChI is InChI=1S/C34H33FN4O4/c1-2-20-14-27(31(35)29(15-20)43-25-11-13-42-19-25)33(38-24-8-9-26-22(16-24)10-12-37-34(26)36)32-23(18-30(40)41)17-28(39-32)21-6-4-3-5-7-21/h3-10,12,14-17,25,33,38-39H,2,11,13,18-19H2,1H3,(H2,36,37)(H,40,41)/t25-,33?/m1/s1. The van der Waals surface area contributed by atoms with Crippen LogP contribution >= 0.6 is 0 Å². The second-order valence-corrected chi connectivity index (χ2v) is 10.7. The van der Waals surface area contributed by atoms with E-state index in [0.717, 1.165) is 27.6 Å². The predicted molar refractivity (Wildman–Crippen MR) is 165 cm³/mol. The number of ether oxygens (including phenoxy) is 2. The molecule has 43 heavy (non-hydrogen) atoms. The van der Waals surface area contributed by atoms with Crippen LogP contribution in [0.1, 0.15) is 41.8 Å². The lowest BCUT2D eigenvalue weighted by Crippen LogP contribution is -2.20. The summed E-state index contributed by atoms with van der Waals surface area (Å²) in [6.45, 7) is 2.98. The normalized spacial score (nSPS) is 15.4. The fourth-order valence-corrected chi connectivity index (χ4v) is 5.58. The summed E-state index contributed by atoms with van der Waals surface area (Å²) in [5.74, 6) is -0.919. The molecule has 220 valence electrons. The maximum Gasteiger partial charge on any atom is 0.307 e. The number of aryl methyl sites for hydroxylation is 1. The highest BCUT2D eigenvalue weighted by molar-refractivity contribution is 5.93. The number of hydrogen-bond acceptors (Lipinski definition) is 6. The molecule has 9 heteroatoms. The van der Waals surface area contributed by atoms with Gasteiger partial charge in [-0.3, -0.25) is 4.79 Å². The Hall–Kier alpha value is -4.89. The Morgan fingerprint density at radius 3 is 2.77 bits per heavy atom. The number of carbonyl (C=O) groups is 1. The van der Waals surface area contributed by atoms with Crippen molar-refractivity contribution in [1.82, 2.24) is 9.97 Å². The third-order valence-corrected chi connectivity index (χ3v) is 7.78. The number of rotatable bonds is 10. The molecule has 8 nitrogen and oxygen atoms in total. The number of halogens is 1. The minimum Gasteiger partial charge on any atom is -0.485 e. The average Bonchev–Trinajstić information content (AvgIpc) is 3.67. The largest absolute Gasteiger partial charge is 0.485 e. The molecule has 1 aliphatic rings. The zero-order chi connectivity index (χ0) is 29.9. The van der Waals surface area contributed by atoms with Gasteiger partial charge in [-0.05, 0) is 64.9 Å². The number of nitrogens with two attached hydrogens (primary N) is 1. The third-order valence-electron chi connectivity index (χ3n) is 7.78. The number of nitrogens with zero attached hydrogens (tertiary/aromatic N) is 1. The number of H-pyrrole nitrogens is 1. The maximum atomic E-state index is 16.5. The Kier molecular flexibility index (Phi) is 7.98. The van der Waals surface area contributed by atoms with E-state index in [0.29, 0.717) is 54.4 Å². The summed E-state index contributed by atoms with van der Waals surface area (Å²) in [5, 5.41) is 15.0. The van der Waals surface area contributed by atoms with Crippen LogP contribution in [0.2, 0.25) is 0 Å². The second-order valence-electron chi connectivity index (χ2n) is 10.7. The van der Waals surface area contributed by atoms with E-state index >= 15 is 4.39 Å². The summed E-state index contributed by atoms with van der Waals surface area (Å²) in [6.07, 6.45) is 2.50. The number of aliphatic carboxylic acids is 1. The van der Waals surface area contributed by atoms with Gasteiger partial charge in [-0.2, -0.15) is 0 Å². The Balaban J connectivity index is 1.52. The number of benzene rings is 3. The summed E-state index contributed by atoms with van der Waals surface area (Å²) < 4.78 is 28.1. The van der Waals surface area contributed by atoms with Gasteiger partial charge in [-0.1, -0.05) is 43.3 Å².